The molecule has 1 unspecified atom stereocenters. The molecular weight excluding hydrogens is 310 g/mol. The largest absolute Gasteiger partial charge is 0.396 e. The fraction of sp³-hybridized carbons (Fsp3) is 0.765. The topological polar surface area (TPSA) is 65.5 Å². The monoisotopic (exact) mass is 339 g/mol. The molecule has 6 heteroatoms. The number of thiazole rings is 1. The third-order valence-corrected chi connectivity index (χ3v) is 5.52. The molecule has 2 N–H and O–H groups in total. The van der Waals surface area contributed by atoms with Gasteiger partial charge in [-0.25, -0.2) is 9.78 Å². The van der Waals surface area contributed by atoms with Gasteiger partial charge in [0.25, 0.3) is 0 Å². The van der Waals surface area contributed by atoms with E-state index in [4.69, 9.17) is 5.11 Å². The molecular formula is C17H29N3O2S. The Bertz CT molecular complexity index is 508. The van der Waals surface area contributed by atoms with Gasteiger partial charge >= 0.3 is 6.03 Å². The van der Waals surface area contributed by atoms with Crippen LogP contribution in [0, 0.1) is 0 Å². The van der Waals surface area contributed by atoms with E-state index in [1.807, 2.05) is 4.90 Å². The zero-order chi connectivity index (χ0) is 16.9. The standard InChI is InChI=1S/C17H29N3O2S/c1-17(2,3)15-19-13(12-23-15)7-9-18-16(22)20-10-5-4-6-14(20)8-11-21/h12,14,21H,4-11H2,1-3H3,(H,18,22). The van der Waals surface area contributed by atoms with Gasteiger partial charge in [0.1, 0.15) is 0 Å². The summed E-state index contributed by atoms with van der Waals surface area (Å²) in [6.45, 7) is 8.03. The highest BCUT2D eigenvalue weighted by molar-refractivity contribution is 7.09. The molecule has 2 rings (SSSR count). The Morgan fingerprint density at radius 2 is 2.26 bits per heavy atom. The van der Waals surface area contributed by atoms with Crippen LogP contribution < -0.4 is 5.32 Å². The van der Waals surface area contributed by atoms with Crippen molar-refractivity contribution in [3.8, 4) is 0 Å². The quantitative estimate of drug-likeness (QED) is 0.867. The molecule has 1 saturated heterocycles. The number of likely N-dealkylation sites (tertiary alicyclic amines) is 1. The number of rotatable bonds is 5. The van der Waals surface area contributed by atoms with Gasteiger partial charge in [0.15, 0.2) is 0 Å². The molecule has 2 heterocycles. The van der Waals surface area contributed by atoms with Crippen LogP contribution in [0.1, 0.15) is 57.2 Å². The summed E-state index contributed by atoms with van der Waals surface area (Å²) in [5, 5.41) is 15.4. The predicted molar refractivity (Wildman–Crippen MR) is 94.0 cm³/mol. The summed E-state index contributed by atoms with van der Waals surface area (Å²) < 4.78 is 0. The minimum absolute atomic E-state index is 0.00516. The van der Waals surface area contributed by atoms with Crippen LogP contribution in [0.4, 0.5) is 4.79 Å². The number of piperidine rings is 1. The van der Waals surface area contributed by atoms with Crippen molar-refractivity contribution in [3.63, 3.8) is 0 Å². The smallest absolute Gasteiger partial charge is 0.317 e. The fourth-order valence-electron chi connectivity index (χ4n) is 2.88. The Kier molecular flexibility index (Phi) is 6.41. The second-order valence-corrected chi connectivity index (χ2v) is 8.09. The first-order valence-electron chi connectivity index (χ1n) is 8.52. The molecule has 2 amide bonds. The number of aliphatic hydroxyl groups excluding tert-OH is 1. The lowest BCUT2D eigenvalue weighted by Crippen LogP contribution is -2.49. The Morgan fingerprint density at radius 3 is 2.91 bits per heavy atom. The van der Waals surface area contributed by atoms with Gasteiger partial charge in [-0.15, -0.1) is 11.3 Å². The van der Waals surface area contributed by atoms with Crippen molar-refractivity contribution in [1.82, 2.24) is 15.2 Å². The highest BCUT2D eigenvalue weighted by Crippen LogP contribution is 2.25. The van der Waals surface area contributed by atoms with E-state index in [2.05, 4.69) is 36.5 Å². The van der Waals surface area contributed by atoms with Crippen LogP contribution in [0.3, 0.4) is 0 Å². The summed E-state index contributed by atoms with van der Waals surface area (Å²) in [5.74, 6) is 0. The van der Waals surface area contributed by atoms with Crippen LogP contribution in [0.25, 0.3) is 0 Å². The zero-order valence-corrected chi connectivity index (χ0v) is 15.3. The second-order valence-electron chi connectivity index (χ2n) is 7.23. The van der Waals surface area contributed by atoms with Gasteiger partial charge < -0.3 is 15.3 Å². The normalized spacial score (nSPS) is 19.0. The first kappa shape index (κ1) is 18.2. The summed E-state index contributed by atoms with van der Waals surface area (Å²) in [4.78, 5) is 18.9. The van der Waals surface area contributed by atoms with Gasteiger partial charge in [-0.2, -0.15) is 0 Å². The minimum Gasteiger partial charge on any atom is -0.396 e. The number of aromatic nitrogens is 1. The minimum atomic E-state index is -0.00516. The number of amides is 2. The molecule has 0 aliphatic carbocycles. The van der Waals surface area contributed by atoms with E-state index in [1.165, 1.54) is 0 Å². The lowest BCUT2D eigenvalue weighted by molar-refractivity contribution is 0.132. The van der Waals surface area contributed by atoms with Crippen molar-refractivity contribution in [3.05, 3.63) is 16.1 Å². The zero-order valence-electron chi connectivity index (χ0n) is 14.5. The fourth-order valence-corrected chi connectivity index (χ4v) is 3.82. The number of nitrogens with one attached hydrogen (secondary N) is 1. The number of nitrogens with zero attached hydrogens (tertiary/aromatic N) is 2. The van der Waals surface area contributed by atoms with Crippen LogP contribution in [-0.4, -0.2) is 46.8 Å². The Hall–Kier alpha value is -1.14. The molecule has 0 spiro atoms. The molecule has 0 radical (unpaired) electrons. The number of carbonyl (C=O) groups is 1. The molecule has 130 valence electrons. The number of urea groups is 1. The van der Waals surface area contributed by atoms with E-state index < -0.39 is 0 Å². The number of aliphatic hydroxyl groups is 1. The van der Waals surface area contributed by atoms with Gasteiger partial charge in [0.2, 0.25) is 0 Å². The van der Waals surface area contributed by atoms with Crippen LogP contribution in [-0.2, 0) is 11.8 Å². The number of hydrogen-bond acceptors (Lipinski definition) is 4. The third kappa shape index (κ3) is 5.18. The van der Waals surface area contributed by atoms with Crippen molar-refractivity contribution in [2.24, 2.45) is 0 Å². The molecule has 1 aliphatic rings. The molecule has 0 saturated carbocycles. The number of carbonyl (C=O) groups excluding carboxylic acids is 1. The molecule has 0 aromatic carbocycles. The molecule has 1 aromatic heterocycles. The molecule has 5 nitrogen and oxygen atoms in total. The molecule has 0 bridgehead atoms. The highest BCUT2D eigenvalue weighted by atomic mass is 32.1. The summed E-state index contributed by atoms with van der Waals surface area (Å²) in [7, 11) is 0. The van der Waals surface area contributed by atoms with Gasteiger partial charge in [-0.3, -0.25) is 0 Å². The maximum atomic E-state index is 12.4. The summed E-state index contributed by atoms with van der Waals surface area (Å²) in [5.41, 5.74) is 1.13. The second kappa shape index (κ2) is 8.11. The highest BCUT2D eigenvalue weighted by Gasteiger charge is 2.26. The lowest BCUT2D eigenvalue weighted by atomic mass is 9.98. The molecule has 1 fully saturated rings. The van der Waals surface area contributed by atoms with Crippen molar-refractivity contribution in [2.75, 3.05) is 19.7 Å². The Balaban J connectivity index is 1.81. The van der Waals surface area contributed by atoms with Crippen LogP contribution >= 0.6 is 11.3 Å². The average molecular weight is 340 g/mol. The Labute approximate surface area is 143 Å². The lowest BCUT2D eigenvalue weighted by Gasteiger charge is -2.35. The predicted octanol–water partition coefficient (Wildman–Crippen LogP) is 2.93. The molecule has 1 atom stereocenters. The Morgan fingerprint density at radius 1 is 1.48 bits per heavy atom. The van der Waals surface area contributed by atoms with Crippen LogP contribution in [0.15, 0.2) is 5.38 Å². The van der Waals surface area contributed by atoms with Crippen LogP contribution in [0.5, 0.6) is 0 Å². The van der Waals surface area contributed by atoms with Crippen molar-refractivity contribution in [1.29, 1.82) is 0 Å². The van der Waals surface area contributed by atoms with Gasteiger partial charge in [-0.05, 0) is 25.7 Å². The van der Waals surface area contributed by atoms with Crippen molar-refractivity contribution in [2.45, 2.75) is 64.3 Å². The summed E-state index contributed by atoms with van der Waals surface area (Å²) in [6.07, 6.45) is 4.62. The molecule has 23 heavy (non-hydrogen) atoms. The van der Waals surface area contributed by atoms with E-state index in [9.17, 15) is 4.79 Å². The average Bonchev–Trinajstić information content (AvgIpc) is 2.97. The maximum absolute atomic E-state index is 12.4. The summed E-state index contributed by atoms with van der Waals surface area (Å²) >= 11 is 1.69. The van der Waals surface area contributed by atoms with Gasteiger partial charge in [0, 0.05) is 43.0 Å². The first-order valence-corrected chi connectivity index (χ1v) is 9.40. The van der Waals surface area contributed by atoms with E-state index in [0.29, 0.717) is 13.0 Å². The van der Waals surface area contributed by atoms with Gasteiger partial charge in [-0.1, -0.05) is 20.8 Å². The maximum Gasteiger partial charge on any atom is 0.317 e. The first-order chi connectivity index (χ1) is 10.9. The van der Waals surface area contributed by atoms with Gasteiger partial charge in [0.05, 0.1) is 10.7 Å². The van der Waals surface area contributed by atoms with E-state index >= 15 is 0 Å². The van der Waals surface area contributed by atoms with Crippen LogP contribution in [0.2, 0.25) is 0 Å². The summed E-state index contributed by atoms with van der Waals surface area (Å²) in [6, 6.07) is 0.176. The van der Waals surface area contributed by atoms with E-state index in [-0.39, 0.29) is 24.1 Å². The SMILES string of the molecule is CC(C)(C)c1nc(CCNC(=O)N2CCCCC2CCO)cs1. The molecule has 1 aromatic rings. The third-order valence-electron chi connectivity index (χ3n) is 4.20. The van der Waals surface area contributed by atoms with E-state index in [1.54, 1.807) is 11.3 Å². The number of hydrogen-bond donors (Lipinski definition) is 2. The van der Waals surface area contributed by atoms with E-state index in [0.717, 1.165) is 42.9 Å². The van der Waals surface area contributed by atoms with Crippen molar-refractivity contribution >= 4 is 17.4 Å². The molecule has 1 aliphatic heterocycles. The van der Waals surface area contributed by atoms with Crippen molar-refractivity contribution < 1.29 is 9.90 Å².